The molecule has 0 aromatic heterocycles. The number of hydrogen-bond donors (Lipinski definition) is 1. The first-order chi connectivity index (χ1) is 6.77. The Bertz CT molecular complexity index is 301. The summed E-state index contributed by atoms with van der Waals surface area (Å²) in [6.07, 6.45) is 4.68. The maximum Gasteiger partial charge on any atom is 0.0439 e. The van der Waals surface area contributed by atoms with Crippen molar-refractivity contribution in [1.29, 1.82) is 0 Å². The Balaban J connectivity index is 2.23. The molecule has 1 saturated carbocycles. The van der Waals surface area contributed by atoms with Crippen LogP contribution in [0.1, 0.15) is 31.2 Å². The minimum Gasteiger partial charge on any atom is -0.396 e. The van der Waals surface area contributed by atoms with E-state index in [1.807, 2.05) is 0 Å². The van der Waals surface area contributed by atoms with Crippen LogP contribution in [0.3, 0.4) is 0 Å². The van der Waals surface area contributed by atoms with E-state index in [1.54, 1.807) is 0 Å². The van der Waals surface area contributed by atoms with Crippen molar-refractivity contribution in [2.75, 3.05) is 6.61 Å². The summed E-state index contributed by atoms with van der Waals surface area (Å²) in [7, 11) is 0. The van der Waals surface area contributed by atoms with Gasteiger partial charge in [0.15, 0.2) is 0 Å². The molecule has 1 aromatic carbocycles. The topological polar surface area (TPSA) is 20.2 Å². The van der Waals surface area contributed by atoms with Gasteiger partial charge in [-0.15, -0.1) is 0 Å². The van der Waals surface area contributed by atoms with Crippen LogP contribution in [0.5, 0.6) is 0 Å². The van der Waals surface area contributed by atoms with Crippen LogP contribution in [0.2, 0.25) is 0 Å². The second kappa shape index (κ2) is 4.03. The van der Waals surface area contributed by atoms with E-state index in [1.165, 1.54) is 24.8 Å². The summed E-state index contributed by atoms with van der Waals surface area (Å²) in [6.45, 7) is 0.302. The third-order valence-corrected chi connectivity index (χ3v) is 3.89. The predicted molar refractivity (Wildman–Crippen MR) is 61.4 cm³/mol. The number of aliphatic hydroxyl groups is 1. The van der Waals surface area contributed by atoms with Gasteiger partial charge in [-0.1, -0.05) is 34.5 Å². The average molecular weight is 255 g/mol. The van der Waals surface area contributed by atoms with Crippen molar-refractivity contribution in [3.05, 3.63) is 34.3 Å². The Hall–Kier alpha value is -0.340. The largest absolute Gasteiger partial charge is 0.396 e. The fraction of sp³-hybridized carbons (Fsp3) is 0.500. The Morgan fingerprint density at radius 3 is 2.29 bits per heavy atom. The van der Waals surface area contributed by atoms with E-state index in [4.69, 9.17) is 5.11 Å². The second-order valence-corrected chi connectivity index (χ2v) is 5.03. The SMILES string of the molecule is OCCC1(c2ccc(Br)cc2)CCC1. The summed E-state index contributed by atoms with van der Waals surface area (Å²) in [5.41, 5.74) is 1.68. The predicted octanol–water partition coefficient (Wildman–Crippen LogP) is 3.25. The minimum atomic E-state index is 0.287. The van der Waals surface area contributed by atoms with Crippen LogP contribution in [0, 0.1) is 0 Å². The monoisotopic (exact) mass is 254 g/mol. The Kier molecular flexibility index (Phi) is 2.93. The molecule has 0 atom stereocenters. The molecule has 0 saturated heterocycles. The number of benzene rings is 1. The molecular weight excluding hydrogens is 240 g/mol. The number of rotatable bonds is 3. The van der Waals surface area contributed by atoms with Crippen molar-refractivity contribution in [3.8, 4) is 0 Å². The zero-order chi connectivity index (χ0) is 10.0. The van der Waals surface area contributed by atoms with Crippen LogP contribution in [0.4, 0.5) is 0 Å². The molecule has 0 unspecified atom stereocenters. The molecule has 1 aliphatic rings. The minimum absolute atomic E-state index is 0.287. The van der Waals surface area contributed by atoms with Gasteiger partial charge in [-0.25, -0.2) is 0 Å². The van der Waals surface area contributed by atoms with Crippen LogP contribution in [-0.4, -0.2) is 11.7 Å². The number of halogens is 1. The van der Waals surface area contributed by atoms with Gasteiger partial charge in [-0.05, 0) is 42.4 Å². The first kappa shape index (κ1) is 10.2. The average Bonchev–Trinajstić information content (AvgIpc) is 2.13. The fourth-order valence-corrected chi connectivity index (χ4v) is 2.57. The van der Waals surface area contributed by atoms with E-state index >= 15 is 0 Å². The lowest BCUT2D eigenvalue weighted by Crippen LogP contribution is -2.35. The maximum absolute atomic E-state index is 9.07. The normalized spacial score (nSPS) is 19.0. The van der Waals surface area contributed by atoms with Crippen molar-refractivity contribution in [2.24, 2.45) is 0 Å². The smallest absolute Gasteiger partial charge is 0.0439 e. The van der Waals surface area contributed by atoms with Gasteiger partial charge in [0.1, 0.15) is 0 Å². The fourth-order valence-electron chi connectivity index (χ4n) is 2.30. The van der Waals surface area contributed by atoms with Gasteiger partial charge in [0.05, 0.1) is 0 Å². The Morgan fingerprint density at radius 2 is 1.86 bits per heavy atom. The van der Waals surface area contributed by atoms with Crippen molar-refractivity contribution < 1.29 is 5.11 Å². The van der Waals surface area contributed by atoms with Gasteiger partial charge in [0, 0.05) is 11.1 Å². The van der Waals surface area contributed by atoms with Gasteiger partial charge >= 0.3 is 0 Å². The molecule has 1 fully saturated rings. The highest BCUT2D eigenvalue weighted by atomic mass is 79.9. The molecule has 0 bridgehead atoms. The van der Waals surface area contributed by atoms with Gasteiger partial charge in [0.25, 0.3) is 0 Å². The third kappa shape index (κ3) is 1.73. The van der Waals surface area contributed by atoms with E-state index in [0.29, 0.717) is 6.61 Å². The molecule has 2 rings (SSSR count). The lowest BCUT2D eigenvalue weighted by Gasteiger charge is -2.42. The number of aliphatic hydroxyl groups excluding tert-OH is 1. The first-order valence-electron chi connectivity index (χ1n) is 5.14. The maximum atomic E-state index is 9.07. The summed E-state index contributed by atoms with van der Waals surface area (Å²) >= 11 is 3.44. The highest BCUT2D eigenvalue weighted by molar-refractivity contribution is 9.10. The Labute approximate surface area is 93.3 Å². The van der Waals surface area contributed by atoms with Gasteiger partial charge in [-0.2, -0.15) is 0 Å². The third-order valence-electron chi connectivity index (χ3n) is 3.36. The zero-order valence-electron chi connectivity index (χ0n) is 8.17. The van der Waals surface area contributed by atoms with Crippen molar-refractivity contribution in [2.45, 2.75) is 31.1 Å². The Morgan fingerprint density at radius 1 is 1.21 bits per heavy atom. The molecule has 0 aliphatic heterocycles. The highest BCUT2D eigenvalue weighted by Gasteiger charge is 2.37. The molecule has 1 nitrogen and oxygen atoms in total. The molecule has 0 amide bonds. The van der Waals surface area contributed by atoms with Crippen molar-refractivity contribution >= 4 is 15.9 Å². The lowest BCUT2D eigenvalue weighted by molar-refractivity contribution is 0.167. The summed E-state index contributed by atoms with van der Waals surface area (Å²) < 4.78 is 1.12. The molecule has 0 heterocycles. The van der Waals surface area contributed by atoms with Crippen LogP contribution >= 0.6 is 15.9 Å². The first-order valence-corrected chi connectivity index (χ1v) is 5.93. The van der Waals surface area contributed by atoms with Crippen LogP contribution in [0.15, 0.2) is 28.7 Å². The van der Waals surface area contributed by atoms with Crippen LogP contribution in [-0.2, 0) is 5.41 Å². The van der Waals surface area contributed by atoms with Gasteiger partial charge < -0.3 is 5.11 Å². The van der Waals surface area contributed by atoms with Crippen molar-refractivity contribution in [1.82, 2.24) is 0 Å². The van der Waals surface area contributed by atoms with E-state index in [9.17, 15) is 0 Å². The van der Waals surface area contributed by atoms with E-state index in [-0.39, 0.29) is 5.41 Å². The summed E-state index contributed by atoms with van der Waals surface area (Å²) in [5, 5.41) is 9.07. The molecule has 1 aromatic rings. The molecule has 0 spiro atoms. The standard InChI is InChI=1S/C12H15BrO/c13-11-4-2-10(3-5-11)12(8-9-14)6-1-7-12/h2-5,14H,1,6-9H2. The molecule has 1 N–H and O–H groups in total. The number of hydrogen-bond acceptors (Lipinski definition) is 1. The van der Waals surface area contributed by atoms with Crippen molar-refractivity contribution in [3.63, 3.8) is 0 Å². The van der Waals surface area contributed by atoms with Crippen LogP contribution in [0.25, 0.3) is 0 Å². The summed E-state index contributed by atoms with van der Waals surface area (Å²) in [6, 6.07) is 8.54. The van der Waals surface area contributed by atoms with E-state index in [2.05, 4.69) is 40.2 Å². The zero-order valence-corrected chi connectivity index (χ0v) is 9.76. The van der Waals surface area contributed by atoms with E-state index < -0.39 is 0 Å². The van der Waals surface area contributed by atoms with Crippen LogP contribution < -0.4 is 0 Å². The lowest BCUT2D eigenvalue weighted by atomic mass is 9.63. The molecular formula is C12H15BrO. The quantitative estimate of drug-likeness (QED) is 0.878. The molecule has 2 heteroatoms. The van der Waals surface area contributed by atoms with Gasteiger partial charge in [-0.3, -0.25) is 0 Å². The summed E-state index contributed by atoms with van der Waals surface area (Å²) in [5.74, 6) is 0. The summed E-state index contributed by atoms with van der Waals surface area (Å²) in [4.78, 5) is 0. The molecule has 0 radical (unpaired) electrons. The second-order valence-electron chi connectivity index (χ2n) is 4.11. The van der Waals surface area contributed by atoms with Gasteiger partial charge in [0.2, 0.25) is 0 Å². The molecule has 76 valence electrons. The highest BCUT2D eigenvalue weighted by Crippen LogP contribution is 2.46. The van der Waals surface area contributed by atoms with E-state index in [0.717, 1.165) is 10.9 Å². The molecule has 14 heavy (non-hydrogen) atoms. The molecule has 1 aliphatic carbocycles.